The molecule has 2 N–H and O–H groups in total. The van der Waals surface area contributed by atoms with Crippen molar-refractivity contribution in [1.82, 2.24) is 30.6 Å². The van der Waals surface area contributed by atoms with Crippen molar-refractivity contribution in [2.45, 2.75) is 39.4 Å². The summed E-state index contributed by atoms with van der Waals surface area (Å²) >= 11 is 0. The number of hydrogen-bond donors (Lipinski definition) is 2. The molecule has 2 aromatic heterocycles. The van der Waals surface area contributed by atoms with Gasteiger partial charge in [0, 0.05) is 19.7 Å². The van der Waals surface area contributed by atoms with Gasteiger partial charge >= 0.3 is 0 Å². The summed E-state index contributed by atoms with van der Waals surface area (Å²) in [4.78, 5) is 8.22. The van der Waals surface area contributed by atoms with Gasteiger partial charge in [0.25, 0.3) is 0 Å². The Kier molecular flexibility index (Phi) is 8.42. The van der Waals surface area contributed by atoms with Gasteiger partial charge in [0.1, 0.15) is 12.7 Å². The van der Waals surface area contributed by atoms with Gasteiger partial charge in [-0.2, -0.15) is 5.10 Å². The second-order valence-electron chi connectivity index (χ2n) is 6.57. The van der Waals surface area contributed by atoms with Gasteiger partial charge in [-0.15, -0.1) is 24.0 Å². The van der Waals surface area contributed by atoms with Crippen LogP contribution >= 0.6 is 24.0 Å². The van der Waals surface area contributed by atoms with Crippen LogP contribution in [0.4, 0.5) is 0 Å². The molecule has 0 aliphatic heterocycles. The van der Waals surface area contributed by atoms with E-state index >= 15 is 0 Å². The van der Waals surface area contributed by atoms with Crippen LogP contribution in [-0.2, 0) is 19.6 Å². The van der Waals surface area contributed by atoms with Gasteiger partial charge in [-0.05, 0) is 17.0 Å². The van der Waals surface area contributed by atoms with Crippen molar-refractivity contribution in [3.8, 4) is 0 Å². The Morgan fingerprint density at radius 3 is 2.64 bits per heavy atom. The van der Waals surface area contributed by atoms with E-state index in [0.29, 0.717) is 31.5 Å². The lowest BCUT2D eigenvalue weighted by molar-refractivity contribution is 0.372. The third kappa shape index (κ3) is 6.32. The van der Waals surface area contributed by atoms with E-state index in [4.69, 9.17) is 4.52 Å². The van der Waals surface area contributed by atoms with Crippen molar-refractivity contribution in [3.05, 3.63) is 65.6 Å². The highest BCUT2D eigenvalue weighted by Gasteiger charge is 2.08. The van der Waals surface area contributed by atoms with Crippen molar-refractivity contribution in [1.29, 1.82) is 0 Å². The van der Waals surface area contributed by atoms with Crippen LogP contribution in [-0.4, -0.2) is 32.9 Å². The first-order chi connectivity index (χ1) is 13.1. The standard InChI is InChI=1S/C19H25N7O.HI/c1-14(2)18-8-17(27-25-18)10-23-19(20-3)22-9-15-5-4-6-16(7-15)11-26-13-21-12-24-26;/h4-8,12-14H,9-11H2,1-3H3,(H2,20,22,23);1H. The second kappa shape index (κ2) is 10.8. The quantitative estimate of drug-likeness (QED) is 0.298. The van der Waals surface area contributed by atoms with E-state index in [0.717, 1.165) is 17.0 Å². The monoisotopic (exact) mass is 495 g/mol. The van der Waals surface area contributed by atoms with E-state index in [-0.39, 0.29) is 24.0 Å². The van der Waals surface area contributed by atoms with Crippen LogP contribution < -0.4 is 10.6 Å². The molecule has 0 atom stereocenters. The normalized spacial score (nSPS) is 11.4. The molecule has 28 heavy (non-hydrogen) atoms. The summed E-state index contributed by atoms with van der Waals surface area (Å²) in [6, 6.07) is 10.3. The maximum Gasteiger partial charge on any atom is 0.191 e. The maximum absolute atomic E-state index is 5.34. The Bertz CT molecular complexity index is 874. The predicted octanol–water partition coefficient (Wildman–Crippen LogP) is 2.92. The molecule has 3 rings (SSSR count). The minimum absolute atomic E-state index is 0. The van der Waals surface area contributed by atoms with Crippen molar-refractivity contribution in [2.75, 3.05) is 7.05 Å². The molecule has 0 fully saturated rings. The average molecular weight is 495 g/mol. The SMILES string of the molecule is CN=C(NCc1cccc(Cn2cncn2)c1)NCc1cc(C(C)C)no1.I. The van der Waals surface area contributed by atoms with Crippen LogP contribution in [0.1, 0.15) is 42.3 Å². The number of guanidine groups is 1. The molecule has 0 aliphatic carbocycles. The Hall–Kier alpha value is -2.43. The van der Waals surface area contributed by atoms with Gasteiger partial charge in [0.15, 0.2) is 11.7 Å². The third-order valence-electron chi connectivity index (χ3n) is 4.08. The molecule has 0 saturated heterocycles. The average Bonchev–Trinajstić information content (AvgIpc) is 3.34. The number of aliphatic imine (C=N–C) groups is 1. The lowest BCUT2D eigenvalue weighted by Gasteiger charge is -2.11. The highest BCUT2D eigenvalue weighted by atomic mass is 127. The van der Waals surface area contributed by atoms with Crippen molar-refractivity contribution >= 4 is 29.9 Å². The second-order valence-corrected chi connectivity index (χ2v) is 6.57. The first-order valence-corrected chi connectivity index (χ1v) is 8.94. The number of benzene rings is 1. The molecule has 0 saturated carbocycles. The summed E-state index contributed by atoms with van der Waals surface area (Å²) in [6.07, 6.45) is 3.25. The topological polar surface area (TPSA) is 93.2 Å². The zero-order valence-electron chi connectivity index (χ0n) is 16.3. The molecule has 0 radical (unpaired) electrons. The number of halogens is 1. The zero-order chi connectivity index (χ0) is 19.1. The molecule has 9 heteroatoms. The first kappa shape index (κ1) is 21.9. The number of nitrogens with zero attached hydrogens (tertiary/aromatic N) is 5. The van der Waals surface area contributed by atoms with Gasteiger partial charge in [0.2, 0.25) is 0 Å². The highest BCUT2D eigenvalue weighted by molar-refractivity contribution is 14.0. The molecule has 0 amide bonds. The van der Waals surface area contributed by atoms with Crippen LogP contribution in [0.25, 0.3) is 0 Å². The van der Waals surface area contributed by atoms with Crippen LogP contribution in [0.2, 0.25) is 0 Å². The van der Waals surface area contributed by atoms with Crippen molar-refractivity contribution in [3.63, 3.8) is 0 Å². The molecule has 0 bridgehead atoms. The zero-order valence-corrected chi connectivity index (χ0v) is 18.6. The Morgan fingerprint density at radius 2 is 1.96 bits per heavy atom. The predicted molar refractivity (Wildman–Crippen MR) is 119 cm³/mol. The fourth-order valence-corrected chi connectivity index (χ4v) is 2.60. The molecule has 1 aromatic carbocycles. The largest absolute Gasteiger partial charge is 0.359 e. The molecule has 150 valence electrons. The summed E-state index contributed by atoms with van der Waals surface area (Å²) in [5.41, 5.74) is 3.29. The van der Waals surface area contributed by atoms with E-state index in [1.807, 2.05) is 12.1 Å². The van der Waals surface area contributed by atoms with Gasteiger partial charge < -0.3 is 15.2 Å². The fraction of sp³-hybridized carbons (Fsp3) is 0.368. The number of hydrogen-bond acceptors (Lipinski definition) is 5. The summed E-state index contributed by atoms with van der Waals surface area (Å²) in [5, 5.41) is 14.8. The van der Waals surface area contributed by atoms with Crippen molar-refractivity contribution in [2.24, 2.45) is 4.99 Å². The van der Waals surface area contributed by atoms with Crippen LogP contribution in [0.15, 0.2) is 52.5 Å². The third-order valence-corrected chi connectivity index (χ3v) is 4.08. The first-order valence-electron chi connectivity index (χ1n) is 8.94. The van der Waals surface area contributed by atoms with Gasteiger partial charge in [0.05, 0.1) is 18.8 Å². The van der Waals surface area contributed by atoms with Crippen molar-refractivity contribution < 1.29 is 4.52 Å². The molecule has 0 spiro atoms. The highest BCUT2D eigenvalue weighted by Crippen LogP contribution is 2.13. The Morgan fingerprint density at radius 1 is 1.18 bits per heavy atom. The summed E-state index contributed by atoms with van der Waals surface area (Å²) in [7, 11) is 1.75. The molecule has 0 aliphatic rings. The molecular weight excluding hydrogens is 469 g/mol. The lowest BCUT2D eigenvalue weighted by Crippen LogP contribution is -2.36. The van der Waals surface area contributed by atoms with E-state index in [1.165, 1.54) is 5.56 Å². The van der Waals surface area contributed by atoms with E-state index in [2.05, 4.69) is 62.9 Å². The molecule has 8 nitrogen and oxygen atoms in total. The maximum atomic E-state index is 5.34. The molecule has 0 unspecified atom stereocenters. The minimum atomic E-state index is 0. The van der Waals surface area contributed by atoms with Crippen LogP contribution in [0.3, 0.4) is 0 Å². The van der Waals surface area contributed by atoms with Gasteiger partial charge in [-0.1, -0.05) is 43.3 Å². The van der Waals surface area contributed by atoms with E-state index in [1.54, 1.807) is 24.4 Å². The molecular formula is C19H26IN7O. The van der Waals surface area contributed by atoms with E-state index < -0.39 is 0 Å². The van der Waals surface area contributed by atoms with E-state index in [9.17, 15) is 0 Å². The summed E-state index contributed by atoms with van der Waals surface area (Å²) < 4.78 is 7.14. The number of aromatic nitrogens is 4. The number of rotatable bonds is 7. The minimum Gasteiger partial charge on any atom is -0.359 e. The van der Waals surface area contributed by atoms with Crippen LogP contribution in [0, 0.1) is 0 Å². The Labute approximate surface area is 181 Å². The number of nitrogens with one attached hydrogen (secondary N) is 2. The summed E-state index contributed by atoms with van der Waals surface area (Å²) in [6.45, 7) is 6.08. The van der Waals surface area contributed by atoms with Crippen LogP contribution in [0.5, 0.6) is 0 Å². The van der Waals surface area contributed by atoms with Gasteiger partial charge in [-0.3, -0.25) is 4.99 Å². The lowest BCUT2D eigenvalue weighted by atomic mass is 10.1. The molecule has 2 heterocycles. The summed E-state index contributed by atoms with van der Waals surface area (Å²) in [5.74, 6) is 1.85. The smallest absolute Gasteiger partial charge is 0.191 e. The van der Waals surface area contributed by atoms with Gasteiger partial charge in [-0.25, -0.2) is 9.67 Å². The Balaban J connectivity index is 0.00000280. The molecule has 3 aromatic rings. The fourth-order valence-electron chi connectivity index (χ4n) is 2.60.